The van der Waals surface area contributed by atoms with Gasteiger partial charge in [-0.1, -0.05) is 0 Å². The van der Waals surface area contributed by atoms with Crippen LogP contribution in [-0.4, -0.2) is 48.9 Å². The van der Waals surface area contributed by atoms with Gasteiger partial charge in [-0.2, -0.15) is 4.94 Å². The lowest BCUT2D eigenvalue weighted by Gasteiger charge is -2.36. The van der Waals surface area contributed by atoms with Gasteiger partial charge in [0.1, 0.15) is 12.2 Å². The summed E-state index contributed by atoms with van der Waals surface area (Å²) < 4.78 is 17.1. The topological polar surface area (TPSA) is 50.8 Å². The van der Waals surface area contributed by atoms with E-state index >= 15 is 0 Å². The largest absolute Gasteiger partial charge is 0.444 e. The first-order valence-corrected chi connectivity index (χ1v) is 5.38. The molecule has 1 amide bonds. The molecule has 0 aromatic heterocycles. The smallest absolute Gasteiger partial charge is 0.410 e. The molecule has 0 aliphatic carbocycles. The summed E-state index contributed by atoms with van der Waals surface area (Å²) in [6, 6.07) is -0.311. The predicted molar refractivity (Wildman–Crippen MR) is 56.7 cm³/mol. The van der Waals surface area contributed by atoms with Crippen LogP contribution in [0.15, 0.2) is 0 Å². The van der Waals surface area contributed by atoms with E-state index in [-0.39, 0.29) is 12.6 Å². The van der Waals surface area contributed by atoms with E-state index in [0.717, 1.165) is 0 Å². The van der Waals surface area contributed by atoms with Gasteiger partial charge in [-0.25, -0.2) is 4.79 Å². The molecule has 1 rings (SSSR count). The standard InChI is InChI=1S/C10H19FN2O3/c1-10(2,3)16-9(14)13-5-4-12-6-8(13)7-15-11/h8,12H,4-7H2,1-3H3. The second-order valence-electron chi connectivity index (χ2n) is 4.81. The van der Waals surface area contributed by atoms with Gasteiger partial charge in [-0.15, -0.1) is 0 Å². The lowest BCUT2D eigenvalue weighted by Crippen LogP contribution is -2.56. The fourth-order valence-corrected chi connectivity index (χ4v) is 1.54. The zero-order chi connectivity index (χ0) is 12.2. The summed E-state index contributed by atoms with van der Waals surface area (Å²) in [5, 5.41) is 3.07. The molecule has 0 bridgehead atoms. The maximum Gasteiger partial charge on any atom is 0.410 e. The Labute approximate surface area is 94.8 Å². The van der Waals surface area contributed by atoms with Crippen molar-refractivity contribution in [3.63, 3.8) is 0 Å². The number of ether oxygens (including phenoxy) is 1. The van der Waals surface area contributed by atoms with Gasteiger partial charge >= 0.3 is 6.09 Å². The quantitative estimate of drug-likeness (QED) is 0.777. The maximum atomic E-state index is 11.8. The Morgan fingerprint density at radius 1 is 1.56 bits per heavy atom. The molecule has 5 nitrogen and oxygen atoms in total. The van der Waals surface area contributed by atoms with Crippen LogP contribution in [0, 0.1) is 0 Å². The fourth-order valence-electron chi connectivity index (χ4n) is 1.54. The minimum atomic E-state index is -0.539. The van der Waals surface area contributed by atoms with E-state index in [1.54, 1.807) is 20.8 Å². The van der Waals surface area contributed by atoms with E-state index in [1.165, 1.54) is 4.90 Å². The molecular weight excluding hydrogens is 215 g/mol. The van der Waals surface area contributed by atoms with Gasteiger partial charge in [0.05, 0.1) is 6.04 Å². The Bertz CT molecular complexity index is 241. The third-order valence-corrected chi connectivity index (χ3v) is 2.23. The van der Waals surface area contributed by atoms with Crippen LogP contribution in [0.4, 0.5) is 9.32 Å². The Morgan fingerprint density at radius 2 is 2.25 bits per heavy atom. The highest BCUT2D eigenvalue weighted by atomic mass is 19.3. The van der Waals surface area contributed by atoms with Crippen LogP contribution in [0.25, 0.3) is 0 Å². The molecule has 0 aromatic rings. The molecule has 16 heavy (non-hydrogen) atoms. The van der Waals surface area contributed by atoms with Crippen molar-refractivity contribution in [2.24, 2.45) is 0 Å². The molecule has 0 spiro atoms. The number of nitrogens with zero attached hydrogens (tertiary/aromatic N) is 1. The molecule has 94 valence electrons. The number of halogens is 1. The summed E-state index contributed by atoms with van der Waals surface area (Å²) in [4.78, 5) is 16.9. The average Bonchev–Trinajstić information content (AvgIpc) is 2.16. The van der Waals surface area contributed by atoms with Gasteiger partial charge in [0.25, 0.3) is 0 Å². The molecule has 1 unspecified atom stereocenters. The lowest BCUT2D eigenvalue weighted by atomic mass is 10.2. The highest BCUT2D eigenvalue weighted by Gasteiger charge is 2.30. The number of hydrogen-bond acceptors (Lipinski definition) is 4. The normalized spacial score (nSPS) is 22.0. The molecule has 6 heteroatoms. The summed E-state index contributed by atoms with van der Waals surface area (Å²) in [6.07, 6.45) is -0.420. The number of piperazine rings is 1. The average molecular weight is 234 g/mol. The van der Waals surface area contributed by atoms with Crippen LogP contribution in [-0.2, 0) is 9.68 Å². The predicted octanol–water partition coefficient (Wildman–Crippen LogP) is 1.10. The Morgan fingerprint density at radius 3 is 2.81 bits per heavy atom. The second-order valence-corrected chi connectivity index (χ2v) is 4.81. The van der Waals surface area contributed by atoms with Crippen LogP contribution >= 0.6 is 0 Å². The molecule has 1 saturated heterocycles. The van der Waals surface area contributed by atoms with E-state index in [4.69, 9.17) is 4.74 Å². The van der Waals surface area contributed by atoms with E-state index < -0.39 is 11.7 Å². The third kappa shape index (κ3) is 3.94. The van der Waals surface area contributed by atoms with Gasteiger partial charge in [0, 0.05) is 19.6 Å². The number of hydrogen-bond donors (Lipinski definition) is 1. The second kappa shape index (κ2) is 5.45. The zero-order valence-electron chi connectivity index (χ0n) is 9.96. The first-order chi connectivity index (χ1) is 7.44. The van der Waals surface area contributed by atoms with Gasteiger partial charge in [0.15, 0.2) is 0 Å². The fraction of sp³-hybridized carbons (Fsp3) is 0.900. The molecule has 1 heterocycles. The van der Waals surface area contributed by atoms with Crippen LogP contribution in [0.5, 0.6) is 0 Å². The van der Waals surface area contributed by atoms with E-state index in [0.29, 0.717) is 19.6 Å². The van der Waals surface area contributed by atoms with Crippen LogP contribution in [0.2, 0.25) is 0 Å². The molecule has 1 aliphatic heterocycles. The Balaban J connectivity index is 2.57. The van der Waals surface area contributed by atoms with E-state index in [1.807, 2.05) is 0 Å². The van der Waals surface area contributed by atoms with Crippen molar-refractivity contribution < 1.29 is 19.0 Å². The van der Waals surface area contributed by atoms with E-state index in [2.05, 4.69) is 10.3 Å². The minimum Gasteiger partial charge on any atom is -0.444 e. The van der Waals surface area contributed by atoms with Gasteiger partial charge in [-0.3, -0.25) is 0 Å². The van der Waals surface area contributed by atoms with Gasteiger partial charge in [0.2, 0.25) is 0 Å². The third-order valence-electron chi connectivity index (χ3n) is 2.23. The number of rotatable bonds is 2. The molecule has 1 N–H and O–H groups in total. The van der Waals surface area contributed by atoms with Crippen molar-refractivity contribution in [2.45, 2.75) is 32.4 Å². The minimum absolute atomic E-state index is 0.133. The van der Waals surface area contributed by atoms with E-state index in [9.17, 15) is 9.32 Å². The SMILES string of the molecule is CC(C)(C)OC(=O)N1CCNCC1COF. The van der Waals surface area contributed by atoms with Crippen LogP contribution in [0.3, 0.4) is 0 Å². The van der Waals surface area contributed by atoms with Crippen molar-refractivity contribution in [2.75, 3.05) is 26.2 Å². The molecule has 1 atom stereocenters. The summed E-state index contributed by atoms with van der Waals surface area (Å²) in [6.45, 7) is 6.97. The van der Waals surface area contributed by atoms with Gasteiger partial charge in [-0.05, 0) is 25.3 Å². The van der Waals surface area contributed by atoms with Gasteiger partial charge < -0.3 is 15.0 Å². The van der Waals surface area contributed by atoms with Crippen molar-refractivity contribution >= 4 is 6.09 Å². The molecule has 0 aromatic carbocycles. The number of carbonyl (C=O) groups is 1. The number of amides is 1. The first-order valence-electron chi connectivity index (χ1n) is 5.38. The number of carbonyl (C=O) groups excluding carboxylic acids is 1. The zero-order valence-corrected chi connectivity index (χ0v) is 9.96. The highest BCUT2D eigenvalue weighted by molar-refractivity contribution is 5.68. The Kier molecular flexibility index (Phi) is 4.49. The molecule has 1 aliphatic rings. The van der Waals surface area contributed by atoms with Crippen molar-refractivity contribution in [3.8, 4) is 0 Å². The molecule has 1 fully saturated rings. The molecule has 0 radical (unpaired) electrons. The highest BCUT2D eigenvalue weighted by Crippen LogP contribution is 2.13. The van der Waals surface area contributed by atoms with Crippen molar-refractivity contribution in [1.82, 2.24) is 10.2 Å². The molecular formula is C10H19FN2O3. The van der Waals surface area contributed by atoms with Crippen molar-refractivity contribution in [3.05, 3.63) is 0 Å². The van der Waals surface area contributed by atoms with Crippen LogP contribution < -0.4 is 5.32 Å². The monoisotopic (exact) mass is 234 g/mol. The molecule has 0 saturated carbocycles. The van der Waals surface area contributed by atoms with Crippen molar-refractivity contribution in [1.29, 1.82) is 0 Å². The lowest BCUT2D eigenvalue weighted by molar-refractivity contribution is -0.149. The summed E-state index contributed by atoms with van der Waals surface area (Å²) in [5.74, 6) is 0. The maximum absolute atomic E-state index is 11.8. The summed E-state index contributed by atoms with van der Waals surface area (Å²) in [7, 11) is 0. The first kappa shape index (κ1) is 13.2. The van der Waals surface area contributed by atoms with Crippen LogP contribution in [0.1, 0.15) is 20.8 Å². The number of nitrogens with one attached hydrogen (secondary N) is 1. The Hall–Kier alpha value is -0.880. The summed E-state index contributed by atoms with van der Waals surface area (Å²) in [5.41, 5.74) is -0.539. The summed E-state index contributed by atoms with van der Waals surface area (Å²) >= 11 is 0.